The van der Waals surface area contributed by atoms with E-state index in [0.29, 0.717) is 54.2 Å². The van der Waals surface area contributed by atoms with Gasteiger partial charge in [0.15, 0.2) is 11.6 Å². The van der Waals surface area contributed by atoms with Gasteiger partial charge in [-0.1, -0.05) is 11.8 Å². The minimum Gasteiger partial charge on any atom is -0.452 e. The van der Waals surface area contributed by atoms with Crippen molar-refractivity contribution in [1.82, 2.24) is 28.6 Å². The quantitative estimate of drug-likeness (QED) is 0.180. The van der Waals surface area contributed by atoms with E-state index in [9.17, 15) is 8.42 Å². The monoisotopic (exact) mass is 720 g/mol. The van der Waals surface area contributed by atoms with E-state index < -0.39 is 10.2 Å². The molecule has 1 fully saturated rings. The smallest absolute Gasteiger partial charge is 0.276 e. The maximum atomic E-state index is 11.6. The van der Waals surface area contributed by atoms with Crippen LogP contribution in [-0.4, -0.2) is 50.1 Å². The van der Waals surface area contributed by atoms with Crippen LogP contribution in [-0.2, 0) is 10.2 Å². The van der Waals surface area contributed by atoms with Crippen LogP contribution in [0.1, 0.15) is 30.3 Å². The largest absolute Gasteiger partial charge is 0.452 e. The third-order valence-electron chi connectivity index (χ3n) is 6.39. The molecule has 3 N–H and O–H groups in total. The molecule has 11 nitrogen and oxygen atoms in total. The number of piperidine rings is 1. The molecule has 0 aromatic carbocycles. The van der Waals surface area contributed by atoms with Crippen LogP contribution >= 0.6 is 71.9 Å². The molecule has 0 atom stereocenters. The van der Waals surface area contributed by atoms with Crippen molar-refractivity contribution < 1.29 is 13.2 Å². The number of halogens is 3. The molecular weight excluding hydrogens is 695 g/mol. The average Bonchev–Trinajstić information content (AvgIpc) is 3.62. The maximum absolute atomic E-state index is 11.6. The van der Waals surface area contributed by atoms with Gasteiger partial charge in [0.25, 0.3) is 10.2 Å². The van der Waals surface area contributed by atoms with Crippen LogP contribution in [0.15, 0.2) is 64.1 Å². The van der Waals surface area contributed by atoms with Crippen molar-refractivity contribution in [3.63, 3.8) is 0 Å². The molecule has 5 aromatic rings. The second kappa shape index (κ2) is 15.1. The van der Waals surface area contributed by atoms with Crippen molar-refractivity contribution in [2.24, 2.45) is 5.14 Å². The van der Waals surface area contributed by atoms with Crippen LogP contribution in [0.5, 0.6) is 11.5 Å². The summed E-state index contributed by atoms with van der Waals surface area (Å²) in [6, 6.07) is 9.63. The first-order valence-corrected chi connectivity index (χ1v) is 16.3. The Balaban J connectivity index is 0.00000169. The number of nitrogens with two attached hydrogens (primary N) is 1. The Labute approximate surface area is 279 Å². The zero-order valence-corrected chi connectivity index (χ0v) is 28.2. The van der Waals surface area contributed by atoms with E-state index in [2.05, 4.69) is 29.6 Å². The number of aromatic nitrogens is 5. The summed E-state index contributed by atoms with van der Waals surface area (Å²) in [4.78, 5) is 20.1. The minimum absolute atomic E-state index is 0. The second-order valence-corrected chi connectivity index (χ2v) is 13.4. The summed E-state index contributed by atoms with van der Waals surface area (Å²) in [6.45, 7) is 2.59. The fourth-order valence-corrected chi connectivity index (χ4v) is 7.57. The van der Waals surface area contributed by atoms with Gasteiger partial charge < -0.3 is 10.1 Å². The van der Waals surface area contributed by atoms with Crippen molar-refractivity contribution >= 4 is 103 Å². The number of aryl methyl sites for hydroxylation is 1. The first kappa shape index (κ1) is 35.1. The molecular formula is C25H27Cl3N8O3S4. The first-order valence-electron chi connectivity index (χ1n) is 12.3. The molecule has 6 heterocycles. The average molecular weight is 722 g/mol. The Morgan fingerprint density at radius 1 is 1.07 bits per heavy atom. The molecule has 0 bridgehead atoms. The predicted octanol–water partition coefficient (Wildman–Crippen LogP) is 6.58. The van der Waals surface area contributed by atoms with Gasteiger partial charge >= 0.3 is 0 Å². The van der Waals surface area contributed by atoms with E-state index in [1.807, 2.05) is 48.8 Å². The lowest BCUT2D eigenvalue weighted by molar-refractivity contribution is 0.315. The van der Waals surface area contributed by atoms with Crippen molar-refractivity contribution in [3.05, 3.63) is 65.8 Å². The highest BCUT2D eigenvalue weighted by molar-refractivity contribution is 7.99. The number of pyridine rings is 3. The van der Waals surface area contributed by atoms with E-state index in [-0.39, 0.29) is 43.1 Å². The van der Waals surface area contributed by atoms with Gasteiger partial charge in [-0.15, -0.1) is 48.6 Å². The zero-order chi connectivity index (χ0) is 27.7. The highest BCUT2D eigenvalue weighted by Gasteiger charge is 2.28. The maximum Gasteiger partial charge on any atom is 0.276 e. The lowest BCUT2D eigenvalue weighted by atomic mass is 9.98. The Kier molecular flexibility index (Phi) is 12.3. The summed E-state index contributed by atoms with van der Waals surface area (Å²) in [6.07, 6.45) is 6.54. The number of nitrogens with one attached hydrogen (secondary N) is 1. The third-order valence-corrected chi connectivity index (χ3v) is 10.2. The van der Waals surface area contributed by atoms with Crippen molar-refractivity contribution in [1.29, 1.82) is 0 Å². The highest BCUT2D eigenvalue weighted by atomic mass is 35.5. The van der Waals surface area contributed by atoms with E-state index >= 15 is 0 Å². The van der Waals surface area contributed by atoms with Crippen LogP contribution in [0.2, 0.25) is 0 Å². The summed E-state index contributed by atoms with van der Waals surface area (Å²) in [7, 11) is -3.68. The highest BCUT2D eigenvalue weighted by Crippen LogP contribution is 2.40. The SMILES string of the molecule is Cc1ncccc1Oc1cc(Sc2ccnc3ccsc23)cnc1Nc1nc(C2CCN(S(N)(=O)=O)CC2)ns1.Cl.Cl.Cl. The molecule has 0 saturated carbocycles. The lowest BCUT2D eigenvalue weighted by Gasteiger charge is -2.28. The summed E-state index contributed by atoms with van der Waals surface area (Å²) in [5.74, 6) is 2.38. The Morgan fingerprint density at radius 2 is 1.86 bits per heavy atom. The van der Waals surface area contributed by atoms with Gasteiger partial charge in [-0.25, -0.2) is 15.1 Å². The number of fused-ring (bicyclic) bond motifs is 1. The zero-order valence-electron chi connectivity index (χ0n) is 22.4. The van der Waals surface area contributed by atoms with Crippen molar-refractivity contribution in [2.75, 3.05) is 18.4 Å². The van der Waals surface area contributed by atoms with E-state index in [1.165, 1.54) is 15.8 Å². The molecule has 0 unspecified atom stereocenters. The molecule has 230 valence electrons. The molecule has 5 aromatic heterocycles. The van der Waals surface area contributed by atoms with Crippen LogP contribution in [0, 0.1) is 6.92 Å². The summed E-state index contributed by atoms with van der Waals surface area (Å²) < 4.78 is 36.5. The van der Waals surface area contributed by atoms with Crippen molar-refractivity contribution in [3.8, 4) is 11.5 Å². The number of hydrogen-bond acceptors (Lipinski definition) is 12. The van der Waals surface area contributed by atoms with Gasteiger partial charge in [-0.3, -0.25) is 9.97 Å². The molecule has 0 aliphatic carbocycles. The standard InChI is InChI=1S/C25H24N8O3S4.3ClH/c1-15-19(3-2-8-27-15)36-20-13-17(38-21-4-9-28-18-7-12-37-22(18)21)14-29-24(20)31-25-30-23(32-39-25)16-5-10-33(11-6-16)40(26,34)35;;;/h2-4,7-9,12-14,16H,5-6,10-11H2,1H3,(H2,26,34,35)(H,29,30,31,32);3*1H. The number of rotatable bonds is 8. The molecule has 43 heavy (non-hydrogen) atoms. The summed E-state index contributed by atoms with van der Waals surface area (Å²) in [5.41, 5.74) is 1.72. The van der Waals surface area contributed by atoms with E-state index in [4.69, 9.17) is 9.88 Å². The third kappa shape index (κ3) is 8.23. The predicted molar refractivity (Wildman–Crippen MR) is 179 cm³/mol. The summed E-state index contributed by atoms with van der Waals surface area (Å²) in [5, 5.41) is 11.1. The van der Waals surface area contributed by atoms with Gasteiger partial charge in [0.2, 0.25) is 5.13 Å². The summed E-state index contributed by atoms with van der Waals surface area (Å²) >= 11 is 4.47. The molecule has 0 spiro atoms. The van der Waals surface area contributed by atoms with Crippen LogP contribution < -0.4 is 15.2 Å². The number of anilines is 2. The molecule has 1 aliphatic heterocycles. The molecule has 1 saturated heterocycles. The normalized spacial score (nSPS) is 13.9. The molecule has 0 amide bonds. The van der Waals surface area contributed by atoms with Crippen LogP contribution in [0.3, 0.4) is 0 Å². The first-order chi connectivity index (χ1) is 19.3. The van der Waals surface area contributed by atoms with Crippen LogP contribution in [0.25, 0.3) is 10.2 Å². The van der Waals surface area contributed by atoms with Crippen LogP contribution in [0.4, 0.5) is 10.9 Å². The fraction of sp³-hybridized carbons (Fsp3) is 0.240. The molecule has 1 aliphatic rings. The Bertz CT molecular complexity index is 1780. The second-order valence-electron chi connectivity index (χ2n) is 9.05. The van der Waals surface area contributed by atoms with Gasteiger partial charge in [0, 0.05) is 65.0 Å². The fourth-order valence-electron chi connectivity index (χ4n) is 4.33. The minimum atomic E-state index is -3.68. The van der Waals surface area contributed by atoms with Gasteiger partial charge in [-0.2, -0.15) is 17.1 Å². The van der Waals surface area contributed by atoms with Crippen molar-refractivity contribution in [2.45, 2.75) is 35.5 Å². The topological polar surface area (TPSA) is 149 Å². The van der Waals surface area contributed by atoms with E-state index in [0.717, 1.165) is 25.7 Å². The number of thiophene rings is 1. The van der Waals surface area contributed by atoms with Gasteiger partial charge in [0.1, 0.15) is 11.6 Å². The lowest BCUT2D eigenvalue weighted by Crippen LogP contribution is -2.41. The number of hydrogen-bond donors (Lipinski definition) is 2. The number of nitrogens with zero attached hydrogens (tertiary/aromatic N) is 6. The Hall–Kier alpha value is -2.34. The van der Waals surface area contributed by atoms with Gasteiger partial charge in [-0.05, 0) is 49.4 Å². The van der Waals surface area contributed by atoms with E-state index in [1.54, 1.807) is 35.5 Å². The molecule has 6 rings (SSSR count). The van der Waals surface area contributed by atoms with Gasteiger partial charge in [0.05, 0.1) is 15.9 Å². The molecule has 18 heteroatoms. The molecule has 0 radical (unpaired) electrons. The Morgan fingerprint density at radius 3 is 2.60 bits per heavy atom. The number of ether oxygens (including phenoxy) is 1.